The number of halogens is 1. The van der Waals surface area contributed by atoms with Gasteiger partial charge in [0, 0.05) is 23.7 Å². The lowest BCUT2D eigenvalue weighted by Crippen LogP contribution is -2.21. The molecule has 0 fully saturated rings. The first kappa shape index (κ1) is 12.8. The first-order valence-electron chi connectivity index (χ1n) is 6.63. The second-order valence-electron chi connectivity index (χ2n) is 4.96. The smallest absolute Gasteiger partial charge is 0.130 e. The summed E-state index contributed by atoms with van der Waals surface area (Å²) < 4.78 is 19.0. The Kier molecular flexibility index (Phi) is 3.26. The highest BCUT2D eigenvalue weighted by molar-refractivity contribution is 5.45. The van der Waals surface area contributed by atoms with Crippen LogP contribution in [0.3, 0.4) is 0 Å². The summed E-state index contributed by atoms with van der Waals surface area (Å²) in [6.07, 6.45) is 0.776. The predicted octanol–water partition coefficient (Wildman–Crippen LogP) is 3.17. The normalized spacial score (nSPS) is 17.2. The minimum atomic E-state index is -0.254. The Labute approximate surface area is 117 Å². The highest BCUT2D eigenvalue weighted by Gasteiger charge is 2.22. The first-order chi connectivity index (χ1) is 9.61. The summed E-state index contributed by atoms with van der Waals surface area (Å²) in [5.41, 5.74) is 1.75. The van der Waals surface area contributed by atoms with Gasteiger partial charge in [0.05, 0.1) is 12.6 Å². The fraction of sp³-hybridized carbons (Fsp3) is 0.333. The van der Waals surface area contributed by atoms with Gasteiger partial charge in [0.25, 0.3) is 0 Å². The molecule has 1 N–H and O–H groups in total. The molecule has 1 unspecified atom stereocenters. The molecule has 1 aromatic heterocycles. The standard InChI is InChI=1S/C15H16FN3O/c1-9-7-15(18-10(2)17-9)19-13-5-6-20-14-4-3-11(16)8-12(13)14/h3-4,7-8,13H,5-6H2,1-2H3,(H,17,18,19). The zero-order valence-electron chi connectivity index (χ0n) is 11.5. The van der Waals surface area contributed by atoms with Gasteiger partial charge in [-0.1, -0.05) is 0 Å². The molecule has 0 amide bonds. The van der Waals surface area contributed by atoms with Gasteiger partial charge in [0.15, 0.2) is 0 Å². The molecule has 5 heteroatoms. The lowest BCUT2D eigenvalue weighted by Gasteiger charge is -2.27. The average Bonchev–Trinajstić information content (AvgIpc) is 2.38. The van der Waals surface area contributed by atoms with Crippen molar-refractivity contribution in [2.75, 3.05) is 11.9 Å². The van der Waals surface area contributed by atoms with E-state index in [9.17, 15) is 4.39 Å². The molecule has 1 atom stereocenters. The molecule has 0 saturated heterocycles. The number of benzene rings is 1. The quantitative estimate of drug-likeness (QED) is 0.913. The van der Waals surface area contributed by atoms with E-state index in [4.69, 9.17) is 4.74 Å². The predicted molar refractivity (Wildman–Crippen MR) is 74.4 cm³/mol. The summed E-state index contributed by atoms with van der Waals surface area (Å²) >= 11 is 0. The van der Waals surface area contributed by atoms with Crippen molar-refractivity contribution in [3.63, 3.8) is 0 Å². The van der Waals surface area contributed by atoms with Crippen molar-refractivity contribution in [1.29, 1.82) is 0 Å². The van der Waals surface area contributed by atoms with Crippen LogP contribution in [0.25, 0.3) is 0 Å². The Morgan fingerprint density at radius 2 is 2.10 bits per heavy atom. The van der Waals surface area contributed by atoms with Crippen molar-refractivity contribution in [3.8, 4) is 5.75 Å². The van der Waals surface area contributed by atoms with E-state index < -0.39 is 0 Å². The van der Waals surface area contributed by atoms with Gasteiger partial charge in [0.1, 0.15) is 23.2 Å². The van der Waals surface area contributed by atoms with E-state index in [0.29, 0.717) is 6.61 Å². The van der Waals surface area contributed by atoms with Gasteiger partial charge in [0.2, 0.25) is 0 Å². The van der Waals surface area contributed by atoms with Crippen LogP contribution >= 0.6 is 0 Å². The van der Waals surface area contributed by atoms with Crippen molar-refractivity contribution < 1.29 is 9.13 Å². The zero-order chi connectivity index (χ0) is 14.1. The lowest BCUT2D eigenvalue weighted by molar-refractivity contribution is 0.273. The van der Waals surface area contributed by atoms with Gasteiger partial charge in [-0.05, 0) is 32.0 Å². The van der Waals surface area contributed by atoms with Gasteiger partial charge >= 0.3 is 0 Å². The lowest BCUT2D eigenvalue weighted by atomic mass is 10.0. The molecule has 0 saturated carbocycles. The number of nitrogens with one attached hydrogen (secondary N) is 1. The van der Waals surface area contributed by atoms with E-state index in [0.717, 1.165) is 35.1 Å². The highest BCUT2D eigenvalue weighted by atomic mass is 19.1. The van der Waals surface area contributed by atoms with E-state index in [1.165, 1.54) is 12.1 Å². The van der Waals surface area contributed by atoms with E-state index in [-0.39, 0.29) is 11.9 Å². The largest absolute Gasteiger partial charge is 0.493 e. The molecule has 0 aliphatic carbocycles. The molecule has 0 radical (unpaired) electrons. The Bertz CT molecular complexity index is 625. The third-order valence-electron chi connectivity index (χ3n) is 3.30. The summed E-state index contributed by atoms with van der Waals surface area (Å²) in [7, 11) is 0. The molecular formula is C15H16FN3O. The van der Waals surface area contributed by atoms with Crippen molar-refractivity contribution in [3.05, 3.63) is 47.2 Å². The first-order valence-corrected chi connectivity index (χ1v) is 6.63. The summed E-state index contributed by atoms with van der Waals surface area (Å²) in [5.74, 6) is 1.96. The van der Waals surface area contributed by atoms with E-state index in [1.807, 2.05) is 19.9 Å². The fourth-order valence-corrected chi connectivity index (χ4v) is 2.48. The average molecular weight is 273 g/mol. The second kappa shape index (κ2) is 5.07. The topological polar surface area (TPSA) is 47.0 Å². The third kappa shape index (κ3) is 2.57. The monoisotopic (exact) mass is 273 g/mol. The summed E-state index contributed by atoms with van der Waals surface area (Å²) in [6.45, 7) is 4.40. The van der Waals surface area contributed by atoms with Gasteiger partial charge in [-0.25, -0.2) is 14.4 Å². The second-order valence-corrected chi connectivity index (χ2v) is 4.96. The summed E-state index contributed by atoms with van der Waals surface area (Å²) in [6, 6.07) is 6.51. The number of anilines is 1. The molecule has 104 valence electrons. The van der Waals surface area contributed by atoms with Crippen LogP contribution in [0.1, 0.15) is 29.5 Å². The number of ether oxygens (including phenoxy) is 1. The Morgan fingerprint density at radius 3 is 2.90 bits per heavy atom. The molecule has 20 heavy (non-hydrogen) atoms. The van der Waals surface area contributed by atoms with Crippen LogP contribution in [0, 0.1) is 19.7 Å². The maximum absolute atomic E-state index is 13.4. The fourth-order valence-electron chi connectivity index (χ4n) is 2.48. The van der Waals surface area contributed by atoms with Gasteiger partial charge < -0.3 is 10.1 Å². The Balaban J connectivity index is 1.91. The van der Waals surface area contributed by atoms with Crippen LogP contribution in [-0.4, -0.2) is 16.6 Å². The van der Waals surface area contributed by atoms with Crippen LogP contribution in [0.2, 0.25) is 0 Å². The molecule has 1 aliphatic heterocycles. The molecule has 4 nitrogen and oxygen atoms in total. The number of rotatable bonds is 2. The molecular weight excluding hydrogens is 257 g/mol. The minimum Gasteiger partial charge on any atom is -0.493 e. The van der Waals surface area contributed by atoms with Crippen LogP contribution in [0.5, 0.6) is 5.75 Å². The van der Waals surface area contributed by atoms with E-state index >= 15 is 0 Å². The number of hydrogen-bond donors (Lipinski definition) is 1. The SMILES string of the molecule is Cc1cc(NC2CCOc3ccc(F)cc32)nc(C)n1. The number of nitrogens with zero attached hydrogens (tertiary/aromatic N) is 2. The molecule has 3 rings (SSSR count). The van der Waals surface area contributed by atoms with Gasteiger partial charge in [-0.2, -0.15) is 0 Å². The molecule has 1 aromatic carbocycles. The van der Waals surface area contributed by atoms with Crippen molar-refractivity contribution in [1.82, 2.24) is 9.97 Å². The van der Waals surface area contributed by atoms with Gasteiger partial charge in [-0.3, -0.25) is 0 Å². The summed E-state index contributed by atoms with van der Waals surface area (Å²) in [5, 5.41) is 3.35. The van der Waals surface area contributed by atoms with E-state index in [2.05, 4.69) is 15.3 Å². The maximum atomic E-state index is 13.4. The molecule has 0 bridgehead atoms. The maximum Gasteiger partial charge on any atom is 0.130 e. The third-order valence-corrected chi connectivity index (χ3v) is 3.30. The number of hydrogen-bond acceptors (Lipinski definition) is 4. The minimum absolute atomic E-state index is 0.00292. The number of aryl methyl sites for hydroxylation is 2. The molecule has 0 spiro atoms. The van der Waals surface area contributed by atoms with Gasteiger partial charge in [-0.15, -0.1) is 0 Å². The zero-order valence-corrected chi connectivity index (χ0v) is 11.5. The molecule has 2 heterocycles. The van der Waals surface area contributed by atoms with Crippen LogP contribution in [-0.2, 0) is 0 Å². The Hall–Kier alpha value is -2.17. The van der Waals surface area contributed by atoms with Crippen LogP contribution in [0.15, 0.2) is 24.3 Å². The number of fused-ring (bicyclic) bond motifs is 1. The highest BCUT2D eigenvalue weighted by Crippen LogP contribution is 2.34. The molecule has 2 aromatic rings. The molecule has 1 aliphatic rings. The summed E-state index contributed by atoms with van der Waals surface area (Å²) in [4.78, 5) is 8.62. The number of aromatic nitrogens is 2. The Morgan fingerprint density at radius 1 is 1.25 bits per heavy atom. The van der Waals surface area contributed by atoms with Crippen molar-refractivity contribution >= 4 is 5.82 Å². The van der Waals surface area contributed by atoms with Crippen molar-refractivity contribution in [2.24, 2.45) is 0 Å². The van der Waals surface area contributed by atoms with Crippen molar-refractivity contribution in [2.45, 2.75) is 26.3 Å². The van der Waals surface area contributed by atoms with Crippen LogP contribution < -0.4 is 10.1 Å². The van der Waals surface area contributed by atoms with Crippen LogP contribution in [0.4, 0.5) is 10.2 Å². The van der Waals surface area contributed by atoms with E-state index in [1.54, 1.807) is 6.07 Å².